The number of carboxylic acid groups (broad SMARTS) is 1. The van der Waals surface area contributed by atoms with Gasteiger partial charge in [-0.2, -0.15) is 0 Å². The van der Waals surface area contributed by atoms with E-state index in [9.17, 15) is 13.2 Å². The van der Waals surface area contributed by atoms with Crippen molar-refractivity contribution in [1.29, 1.82) is 0 Å². The molecule has 0 aliphatic carbocycles. The molecule has 0 amide bonds. The van der Waals surface area contributed by atoms with Crippen molar-refractivity contribution in [2.45, 2.75) is 17.7 Å². The standard InChI is InChI=1S/C23H23NO6S/c1-29-20-12-13-21(30-2)22(15-20)31(27,28)24-19-10-8-16(9-11-19)6-7-17-4-3-5-18(14-17)23(25)26/h3-5,8-15,24H,6-7H2,1-2H3,(H,25,26). The minimum atomic E-state index is -3.88. The fourth-order valence-corrected chi connectivity index (χ4v) is 4.34. The number of rotatable bonds is 9. The summed E-state index contributed by atoms with van der Waals surface area (Å²) in [6.45, 7) is 0. The average Bonchev–Trinajstić information content (AvgIpc) is 2.78. The highest BCUT2D eigenvalue weighted by atomic mass is 32.2. The molecule has 0 bridgehead atoms. The van der Waals surface area contributed by atoms with E-state index >= 15 is 0 Å². The maximum absolute atomic E-state index is 12.8. The van der Waals surface area contributed by atoms with E-state index < -0.39 is 16.0 Å². The molecule has 3 aromatic carbocycles. The highest BCUT2D eigenvalue weighted by Gasteiger charge is 2.20. The molecule has 31 heavy (non-hydrogen) atoms. The highest BCUT2D eigenvalue weighted by molar-refractivity contribution is 7.92. The fourth-order valence-electron chi connectivity index (χ4n) is 3.09. The number of nitrogens with one attached hydrogen (secondary N) is 1. The maximum Gasteiger partial charge on any atom is 0.335 e. The number of anilines is 1. The van der Waals surface area contributed by atoms with Gasteiger partial charge in [0.15, 0.2) is 0 Å². The van der Waals surface area contributed by atoms with Crippen LogP contribution in [0.1, 0.15) is 21.5 Å². The van der Waals surface area contributed by atoms with Crippen molar-refractivity contribution < 1.29 is 27.8 Å². The summed E-state index contributed by atoms with van der Waals surface area (Å²) in [5.41, 5.74) is 2.61. The summed E-state index contributed by atoms with van der Waals surface area (Å²) < 4.78 is 38.5. The van der Waals surface area contributed by atoms with E-state index in [4.69, 9.17) is 14.6 Å². The molecule has 0 unspecified atom stereocenters. The third-order valence-electron chi connectivity index (χ3n) is 4.74. The zero-order valence-electron chi connectivity index (χ0n) is 17.2. The zero-order valence-corrected chi connectivity index (χ0v) is 18.0. The minimum absolute atomic E-state index is 0.0169. The Balaban J connectivity index is 1.70. The van der Waals surface area contributed by atoms with Gasteiger partial charge in [-0.25, -0.2) is 13.2 Å². The molecule has 3 aromatic rings. The number of aryl methyl sites for hydroxylation is 2. The van der Waals surface area contributed by atoms with Crippen molar-refractivity contribution >= 4 is 21.7 Å². The topological polar surface area (TPSA) is 102 Å². The monoisotopic (exact) mass is 441 g/mol. The predicted molar refractivity (Wildman–Crippen MR) is 118 cm³/mol. The van der Waals surface area contributed by atoms with E-state index in [1.165, 1.54) is 26.4 Å². The van der Waals surface area contributed by atoms with E-state index in [2.05, 4.69) is 4.72 Å². The first-order valence-corrected chi connectivity index (χ1v) is 11.0. The van der Waals surface area contributed by atoms with Crippen LogP contribution in [0.15, 0.2) is 71.6 Å². The Morgan fingerprint density at radius 1 is 0.903 bits per heavy atom. The minimum Gasteiger partial charge on any atom is -0.497 e. The summed E-state index contributed by atoms with van der Waals surface area (Å²) in [5, 5.41) is 9.09. The number of carboxylic acids is 1. The van der Waals surface area contributed by atoms with Crippen LogP contribution in [0.2, 0.25) is 0 Å². The molecule has 0 aromatic heterocycles. The van der Waals surface area contributed by atoms with Crippen molar-refractivity contribution in [3.63, 3.8) is 0 Å². The Morgan fingerprint density at radius 2 is 1.61 bits per heavy atom. The van der Waals surface area contributed by atoms with Gasteiger partial charge in [-0.15, -0.1) is 0 Å². The molecule has 3 rings (SSSR count). The second-order valence-electron chi connectivity index (χ2n) is 6.82. The smallest absolute Gasteiger partial charge is 0.335 e. The number of ether oxygens (including phenoxy) is 2. The second kappa shape index (κ2) is 9.53. The van der Waals surface area contributed by atoms with Gasteiger partial charge < -0.3 is 14.6 Å². The molecule has 0 spiro atoms. The summed E-state index contributed by atoms with van der Waals surface area (Å²) in [7, 11) is -1.02. The lowest BCUT2D eigenvalue weighted by atomic mass is 10.0. The van der Waals surface area contributed by atoms with Crippen LogP contribution in [0.5, 0.6) is 11.5 Å². The van der Waals surface area contributed by atoms with Gasteiger partial charge >= 0.3 is 5.97 Å². The van der Waals surface area contributed by atoms with E-state index in [0.29, 0.717) is 24.3 Å². The summed E-state index contributed by atoms with van der Waals surface area (Å²) in [4.78, 5) is 11.1. The Kier molecular flexibility index (Phi) is 6.81. The number of methoxy groups -OCH3 is 2. The molecule has 162 valence electrons. The summed E-state index contributed by atoms with van der Waals surface area (Å²) >= 11 is 0. The van der Waals surface area contributed by atoms with Crippen molar-refractivity contribution in [2.75, 3.05) is 18.9 Å². The molecular weight excluding hydrogens is 418 g/mol. The summed E-state index contributed by atoms with van der Waals surface area (Å²) in [6.07, 6.45) is 1.37. The van der Waals surface area contributed by atoms with Gasteiger partial charge in [0.05, 0.1) is 19.8 Å². The molecule has 0 saturated heterocycles. The summed E-state index contributed by atoms with van der Waals surface area (Å²) in [5.74, 6) is -0.330. The van der Waals surface area contributed by atoms with Crippen LogP contribution in [-0.2, 0) is 22.9 Å². The first kappa shape index (κ1) is 22.2. The largest absolute Gasteiger partial charge is 0.497 e. The molecule has 0 radical (unpaired) electrons. The molecule has 8 heteroatoms. The number of carbonyl (C=O) groups is 1. The Morgan fingerprint density at radius 3 is 2.26 bits per heavy atom. The van der Waals surface area contributed by atoms with Crippen molar-refractivity contribution in [1.82, 2.24) is 0 Å². The third kappa shape index (κ3) is 5.55. The van der Waals surface area contributed by atoms with Gasteiger partial charge in [0.2, 0.25) is 0 Å². The van der Waals surface area contributed by atoms with Gasteiger partial charge in [0.1, 0.15) is 16.4 Å². The predicted octanol–water partition coefficient (Wildman–Crippen LogP) is 3.99. The Bertz CT molecular complexity index is 1170. The van der Waals surface area contributed by atoms with E-state index in [0.717, 1.165) is 11.1 Å². The van der Waals surface area contributed by atoms with E-state index in [-0.39, 0.29) is 16.2 Å². The number of aromatic carboxylic acids is 1. The lowest BCUT2D eigenvalue weighted by Gasteiger charge is -2.13. The van der Waals surface area contributed by atoms with Gasteiger partial charge in [-0.3, -0.25) is 4.72 Å². The molecule has 0 fully saturated rings. The quantitative estimate of drug-likeness (QED) is 0.521. The van der Waals surface area contributed by atoms with Crippen molar-refractivity contribution in [3.8, 4) is 11.5 Å². The molecule has 0 aliphatic rings. The van der Waals surface area contributed by atoms with Crippen LogP contribution in [0, 0.1) is 0 Å². The molecule has 2 N–H and O–H groups in total. The van der Waals surface area contributed by atoms with E-state index in [1.54, 1.807) is 36.4 Å². The van der Waals surface area contributed by atoms with Crippen LogP contribution in [0.25, 0.3) is 0 Å². The highest BCUT2D eigenvalue weighted by Crippen LogP contribution is 2.29. The normalized spacial score (nSPS) is 11.0. The number of hydrogen-bond donors (Lipinski definition) is 2. The van der Waals surface area contributed by atoms with Crippen LogP contribution in [0.4, 0.5) is 5.69 Å². The third-order valence-corrected chi connectivity index (χ3v) is 6.15. The number of benzene rings is 3. The first-order valence-electron chi connectivity index (χ1n) is 9.48. The van der Waals surface area contributed by atoms with Gasteiger partial charge in [0, 0.05) is 11.8 Å². The Labute approximate surface area is 181 Å². The van der Waals surface area contributed by atoms with Crippen LogP contribution >= 0.6 is 0 Å². The second-order valence-corrected chi connectivity index (χ2v) is 8.48. The average molecular weight is 442 g/mol. The van der Waals surface area contributed by atoms with Crippen LogP contribution < -0.4 is 14.2 Å². The van der Waals surface area contributed by atoms with E-state index in [1.807, 2.05) is 18.2 Å². The number of hydrogen-bond acceptors (Lipinski definition) is 5. The molecule has 0 atom stereocenters. The lowest BCUT2D eigenvalue weighted by Crippen LogP contribution is -2.14. The number of sulfonamides is 1. The molecule has 0 saturated carbocycles. The first-order chi connectivity index (χ1) is 14.8. The van der Waals surface area contributed by atoms with Crippen molar-refractivity contribution in [2.24, 2.45) is 0 Å². The van der Waals surface area contributed by atoms with Crippen LogP contribution in [0.3, 0.4) is 0 Å². The zero-order chi connectivity index (χ0) is 22.4. The molecule has 0 aliphatic heterocycles. The summed E-state index contributed by atoms with van der Waals surface area (Å²) in [6, 6.07) is 18.4. The molecule has 0 heterocycles. The van der Waals surface area contributed by atoms with Crippen LogP contribution in [-0.4, -0.2) is 33.7 Å². The van der Waals surface area contributed by atoms with Crippen molar-refractivity contribution in [3.05, 3.63) is 83.4 Å². The lowest BCUT2D eigenvalue weighted by molar-refractivity contribution is 0.0696. The fraction of sp³-hybridized carbons (Fsp3) is 0.174. The van der Waals surface area contributed by atoms with Gasteiger partial charge in [0.25, 0.3) is 10.0 Å². The molecular formula is C23H23NO6S. The Hall–Kier alpha value is -3.52. The SMILES string of the molecule is COc1ccc(OC)c(S(=O)(=O)Nc2ccc(CCc3cccc(C(=O)O)c3)cc2)c1. The van der Waals surface area contributed by atoms with Gasteiger partial charge in [-0.1, -0.05) is 24.3 Å². The van der Waals surface area contributed by atoms with Gasteiger partial charge in [-0.05, 0) is 60.4 Å². The molecule has 7 nitrogen and oxygen atoms in total. The maximum atomic E-state index is 12.8.